The van der Waals surface area contributed by atoms with Crippen LogP contribution in [0.2, 0.25) is 5.02 Å². The van der Waals surface area contributed by atoms with E-state index < -0.39 is 11.2 Å². The van der Waals surface area contributed by atoms with Crippen molar-refractivity contribution >= 4 is 11.6 Å². The third kappa shape index (κ3) is 3.61. The highest BCUT2D eigenvalue weighted by Gasteiger charge is 2.17. The lowest BCUT2D eigenvalue weighted by Gasteiger charge is -2.12. The Hall–Kier alpha value is -2.71. The van der Waals surface area contributed by atoms with Crippen LogP contribution < -0.4 is 16.6 Å². The molecule has 0 bridgehead atoms. The standard InChI is InChI=1S/C17H19ClN6O2/c1-10(19-8-12-9-23(3)17(26)20-16(12)25)15-11(2)24(22-21-15)14-6-4-5-13(18)7-14/h4-7,9-10,19H,8H2,1-3H3,(H,20,25,26). The van der Waals surface area contributed by atoms with E-state index in [1.54, 1.807) is 17.8 Å². The number of aryl methyl sites for hydroxylation is 1. The minimum absolute atomic E-state index is 0.139. The van der Waals surface area contributed by atoms with Crippen LogP contribution in [0.3, 0.4) is 0 Å². The van der Waals surface area contributed by atoms with E-state index in [1.165, 1.54) is 10.8 Å². The van der Waals surface area contributed by atoms with Crippen LogP contribution in [0.4, 0.5) is 0 Å². The number of hydrogen-bond donors (Lipinski definition) is 2. The molecule has 0 fully saturated rings. The van der Waals surface area contributed by atoms with Crippen molar-refractivity contribution < 1.29 is 0 Å². The first kappa shape index (κ1) is 18.1. The topological polar surface area (TPSA) is 97.6 Å². The third-order valence-electron chi connectivity index (χ3n) is 4.17. The first-order valence-electron chi connectivity index (χ1n) is 8.07. The van der Waals surface area contributed by atoms with Gasteiger partial charge in [0.15, 0.2) is 0 Å². The summed E-state index contributed by atoms with van der Waals surface area (Å²) in [5, 5.41) is 12.3. The number of aromatic nitrogens is 5. The molecule has 3 rings (SSSR count). The van der Waals surface area contributed by atoms with Crippen LogP contribution in [0, 0.1) is 6.92 Å². The van der Waals surface area contributed by atoms with Gasteiger partial charge in [0, 0.05) is 30.4 Å². The Labute approximate surface area is 154 Å². The van der Waals surface area contributed by atoms with Crippen molar-refractivity contribution in [2.45, 2.75) is 26.4 Å². The minimum atomic E-state index is -0.438. The van der Waals surface area contributed by atoms with Gasteiger partial charge in [0.2, 0.25) is 0 Å². The molecule has 0 spiro atoms. The van der Waals surface area contributed by atoms with Crippen molar-refractivity contribution in [2.24, 2.45) is 7.05 Å². The molecule has 8 nitrogen and oxygen atoms in total. The summed E-state index contributed by atoms with van der Waals surface area (Å²) in [6.07, 6.45) is 1.52. The quantitative estimate of drug-likeness (QED) is 0.704. The molecule has 136 valence electrons. The number of nitrogens with zero attached hydrogens (tertiary/aromatic N) is 4. The van der Waals surface area contributed by atoms with Gasteiger partial charge in [-0.2, -0.15) is 0 Å². The van der Waals surface area contributed by atoms with Crippen LogP contribution in [-0.4, -0.2) is 24.5 Å². The van der Waals surface area contributed by atoms with Gasteiger partial charge in [-0.15, -0.1) is 5.10 Å². The fraction of sp³-hybridized carbons (Fsp3) is 0.294. The summed E-state index contributed by atoms with van der Waals surface area (Å²) in [5.74, 6) is 0. The molecule has 2 N–H and O–H groups in total. The summed E-state index contributed by atoms with van der Waals surface area (Å²) in [6.45, 7) is 4.16. The molecule has 1 atom stereocenters. The first-order chi connectivity index (χ1) is 12.4. The lowest BCUT2D eigenvalue weighted by Crippen LogP contribution is -2.32. The second-order valence-electron chi connectivity index (χ2n) is 6.08. The Bertz CT molecular complexity index is 1050. The van der Waals surface area contributed by atoms with Crippen molar-refractivity contribution in [3.05, 3.63) is 73.3 Å². The SMILES string of the molecule is Cc1c(C(C)NCc2cn(C)c(=O)[nH]c2=O)nnn1-c1cccc(Cl)c1. The number of benzene rings is 1. The monoisotopic (exact) mass is 374 g/mol. The van der Waals surface area contributed by atoms with Crippen LogP contribution in [-0.2, 0) is 13.6 Å². The first-order valence-corrected chi connectivity index (χ1v) is 8.45. The zero-order valence-electron chi connectivity index (χ0n) is 14.7. The molecule has 0 amide bonds. The highest BCUT2D eigenvalue weighted by molar-refractivity contribution is 6.30. The Morgan fingerprint density at radius 1 is 1.35 bits per heavy atom. The van der Waals surface area contributed by atoms with Gasteiger partial charge in [-0.05, 0) is 32.0 Å². The Balaban J connectivity index is 1.79. The third-order valence-corrected chi connectivity index (χ3v) is 4.41. The van der Waals surface area contributed by atoms with Crippen LogP contribution in [0.15, 0.2) is 40.1 Å². The van der Waals surface area contributed by atoms with Gasteiger partial charge in [-0.3, -0.25) is 9.78 Å². The van der Waals surface area contributed by atoms with E-state index in [0.29, 0.717) is 17.1 Å². The number of nitrogens with one attached hydrogen (secondary N) is 2. The van der Waals surface area contributed by atoms with Crippen molar-refractivity contribution in [3.63, 3.8) is 0 Å². The highest BCUT2D eigenvalue weighted by atomic mass is 35.5. The molecular formula is C17H19ClN6O2. The minimum Gasteiger partial charge on any atom is -0.304 e. The molecule has 0 saturated heterocycles. The largest absolute Gasteiger partial charge is 0.328 e. The van der Waals surface area contributed by atoms with Crippen molar-refractivity contribution in [1.29, 1.82) is 0 Å². The smallest absolute Gasteiger partial charge is 0.304 e. The maximum absolute atomic E-state index is 11.9. The molecule has 26 heavy (non-hydrogen) atoms. The van der Waals surface area contributed by atoms with Crippen molar-refractivity contribution in [2.75, 3.05) is 0 Å². The predicted molar refractivity (Wildman–Crippen MR) is 98.7 cm³/mol. The van der Waals surface area contributed by atoms with Crippen LogP contribution in [0.5, 0.6) is 0 Å². The highest BCUT2D eigenvalue weighted by Crippen LogP contribution is 2.20. The normalized spacial score (nSPS) is 12.3. The Morgan fingerprint density at radius 3 is 2.85 bits per heavy atom. The van der Waals surface area contributed by atoms with Gasteiger partial charge in [-0.25, -0.2) is 9.48 Å². The van der Waals surface area contributed by atoms with Gasteiger partial charge in [-0.1, -0.05) is 22.9 Å². The number of aromatic amines is 1. The Kier molecular flexibility index (Phi) is 5.06. The van der Waals surface area contributed by atoms with Crippen LogP contribution in [0.25, 0.3) is 5.69 Å². The van der Waals surface area contributed by atoms with E-state index in [1.807, 2.05) is 32.0 Å². The van der Waals surface area contributed by atoms with Gasteiger partial charge in [0.1, 0.15) is 5.69 Å². The van der Waals surface area contributed by atoms with Gasteiger partial charge >= 0.3 is 5.69 Å². The van der Waals surface area contributed by atoms with Gasteiger partial charge in [0.25, 0.3) is 5.56 Å². The number of rotatable bonds is 5. The van der Waals surface area contributed by atoms with E-state index >= 15 is 0 Å². The van der Waals surface area contributed by atoms with Gasteiger partial charge < -0.3 is 9.88 Å². The van der Waals surface area contributed by atoms with E-state index in [4.69, 9.17) is 11.6 Å². The molecule has 0 saturated carbocycles. The zero-order valence-corrected chi connectivity index (χ0v) is 15.4. The molecule has 2 heterocycles. The maximum atomic E-state index is 11.9. The molecule has 0 aliphatic carbocycles. The van der Waals surface area contributed by atoms with Crippen LogP contribution in [0.1, 0.15) is 29.9 Å². The van der Waals surface area contributed by atoms with E-state index in [2.05, 4.69) is 20.6 Å². The average Bonchev–Trinajstić information content (AvgIpc) is 2.98. The summed E-state index contributed by atoms with van der Waals surface area (Å²) in [7, 11) is 1.59. The number of hydrogen-bond acceptors (Lipinski definition) is 5. The van der Waals surface area contributed by atoms with Crippen molar-refractivity contribution in [1.82, 2.24) is 29.9 Å². The molecule has 1 aromatic carbocycles. The molecule has 3 aromatic rings. The maximum Gasteiger partial charge on any atom is 0.328 e. The second-order valence-corrected chi connectivity index (χ2v) is 6.52. The van der Waals surface area contributed by atoms with Crippen LogP contribution >= 0.6 is 11.6 Å². The second kappa shape index (κ2) is 7.27. The fourth-order valence-electron chi connectivity index (χ4n) is 2.70. The van der Waals surface area contributed by atoms with Crippen molar-refractivity contribution in [3.8, 4) is 5.69 Å². The zero-order chi connectivity index (χ0) is 18.8. The fourth-order valence-corrected chi connectivity index (χ4v) is 2.88. The molecule has 0 aliphatic heterocycles. The number of H-pyrrole nitrogens is 1. The lowest BCUT2D eigenvalue weighted by atomic mass is 10.2. The average molecular weight is 375 g/mol. The lowest BCUT2D eigenvalue weighted by molar-refractivity contribution is 0.551. The van der Waals surface area contributed by atoms with Gasteiger partial charge in [0.05, 0.1) is 17.4 Å². The molecule has 0 radical (unpaired) electrons. The summed E-state index contributed by atoms with van der Waals surface area (Å²) in [5.41, 5.74) is 2.11. The predicted octanol–water partition coefficient (Wildman–Crippen LogP) is 1.47. The van der Waals surface area contributed by atoms with E-state index in [-0.39, 0.29) is 6.04 Å². The summed E-state index contributed by atoms with van der Waals surface area (Å²) in [6, 6.07) is 7.23. The number of halogens is 1. The molecule has 2 aromatic heterocycles. The summed E-state index contributed by atoms with van der Waals surface area (Å²) in [4.78, 5) is 25.6. The molecule has 9 heteroatoms. The summed E-state index contributed by atoms with van der Waals surface area (Å²) < 4.78 is 3.06. The molecule has 0 aliphatic rings. The Morgan fingerprint density at radius 2 is 2.12 bits per heavy atom. The van der Waals surface area contributed by atoms with E-state index in [0.717, 1.165) is 17.1 Å². The molecular weight excluding hydrogens is 356 g/mol. The summed E-state index contributed by atoms with van der Waals surface area (Å²) >= 11 is 6.04. The molecule has 1 unspecified atom stereocenters. The van der Waals surface area contributed by atoms with E-state index in [9.17, 15) is 9.59 Å².